The molecule has 0 amide bonds. The van der Waals surface area contributed by atoms with Crippen molar-refractivity contribution in [1.29, 1.82) is 0 Å². The summed E-state index contributed by atoms with van der Waals surface area (Å²) in [7, 11) is 1.43. The van der Waals surface area contributed by atoms with E-state index in [-0.39, 0.29) is 12.4 Å². The van der Waals surface area contributed by atoms with Crippen molar-refractivity contribution in [3.8, 4) is 17.2 Å². The third kappa shape index (κ3) is 3.34. The molecule has 1 N–H and O–H groups in total. The van der Waals surface area contributed by atoms with E-state index in [9.17, 15) is 9.90 Å². The van der Waals surface area contributed by atoms with Gasteiger partial charge in [-0.25, -0.2) is 4.79 Å². The molecule has 0 spiro atoms. The van der Waals surface area contributed by atoms with Crippen LogP contribution in [-0.2, 0) is 9.53 Å². The number of ether oxygens (including phenoxy) is 3. The van der Waals surface area contributed by atoms with Crippen molar-refractivity contribution in [2.24, 2.45) is 0 Å². The number of carbonyl (C=O) groups is 1. The number of phenolic OH excluding ortho intramolecular Hbond substituents is 1. The molecule has 0 bridgehead atoms. The summed E-state index contributed by atoms with van der Waals surface area (Å²) in [5, 5.41) is 9.32. The molecule has 0 aromatic heterocycles. The zero-order chi connectivity index (χ0) is 12.0. The van der Waals surface area contributed by atoms with Crippen LogP contribution in [0.3, 0.4) is 0 Å². The molecule has 0 saturated heterocycles. The van der Waals surface area contributed by atoms with E-state index >= 15 is 0 Å². The third-order valence-corrected chi connectivity index (χ3v) is 1.81. The molecule has 0 aliphatic rings. The summed E-state index contributed by atoms with van der Waals surface area (Å²) >= 11 is 0. The molecule has 0 unspecified atom stereocenters. The average Bonchev–Trinajstić information content (AvgIpc) is 2.28. The number of benzene rings is 1. The van der Waals surface area contributed by atoms with E-state index < -0.39 is 5.97 Å². The maximum atomic E-state index is 11.0. The lowest BCUT2D eigenvalue weighted by Gasteiger charge is -2.08. The summed E-state index contributed by atoms with van der Waals surface area (Å²) in [5.41, 5.74) is 0. The van der Waals surface area contributed by atoms with Crippen LogP contribution in [-0.4, -0.2) is 31.4 Å². The van der Waals surface area contributed by atoms with Gasteiger partial charge in [0.15, 0.2) is 18.1 Å². The molecule has 16 heavy (non-hydrogen) atoms. The Kier molecular flexibility index (Phi) is 4.44. The van der Waals surface area contributed by atoms with E-state index in [1.54, 1.807) is 6.92 Å². The van der Waals surface area contributed by atoms with Gasteiger partial charge in [0, 0.05) is 6.07 Å². The van der Waals surface area contributed by atoms with Gasteiger partial charge in [-0.15, -0.1) is 0 Å². The van der Waals surface area contributed by atoms with E-state index in [0.717, 1.165) is 0 Å². The summed E-state index contributed by atoms with van der Waals surface area (Å²) in [5.74, 6) is 0.310. The lowest BCUT2D eigenvalue weighted by Crippen LogP contribution is -2.14. The van der Waals surface area contributed by atoms with Crippen LogP contribution in [0.15, 0.2) is 18.2 Å². The van der Waals surface area contributed by atoms with Crippen LogP contribution in [0.2, 0.25) is 0 Å². The highest BCUT2D eigenvalue weighted by Gasteiger charge is 2.06. The number of carbonyl (C=O) groups excluding carboxylic acids is 1. The van der Waals surface area contributed by atoms with Crippen molar-refractivity contribution in [2.75, 3.05) is 20.3 Å². The summed E-state index contributed by atoms with van der Waals surface area (Å²) in [6.07, 6.45) is 0. The molecule has 5 nitrogen and oxygen atoms in total. The lowest BCUT2D eigenvalue weighted by molar-refractivity contribution is -0.145. The zero-order valence-corrected chi connectivity index (χ0v) is 9.23. The highest BCUT2D eigenvalue weighted by atomic mass is 16.6. The van der Waals surface area contributed by atoms with Crippen LogP contribution in [0.25, 0.3) is 0 Å². The van der Waals surface area contributed by atoms with Crippen molar-refractivity contribution in [1.82, 2.24) is 0 Å². The Morgan fingerprint density at radius 3 is 2.81 bits per heavy atom. The fraction of sp³-hybridized carbons (Fsp3) is 0.364. The molecule has 0 aliphatic heterocycles. The van der Waals surface area contributed by atoms with Crippen molar-refractivity contribution in [2.45, 2.75) is 6.92 Å². The van der Waals surface area contributed by atoms with E-state index in [0.29, 0.717) is 18.1 Å². The van der Waals surface area contributed by atoms with Crippen molar-refractivity contribution in [3.05, 3.63) is 18.2 Å². The first-order valence-electron chi connectivity index (χ1n) is 4.82. The normalized spacial score (nSPS) is 9.62. The second-order valence-corrected chi connectivity index (χ2v) is 2.93. The van der Waals surface area contributed by atoms with Crippen LogP contribution in [0, 0.1) is 0 Å². The highest BCUT2D eigenvalue weighted by Crippen LogP contribution is 2.29. The quantitative estimate of drug-likeness (QED) is 0.767. The largest absolute Gasteiger partial charge is 0.504 e. The zero-order valence-electron chi connectivity index (χ0n) is 9.23. The Morgan fingerprint density at radius 2 is 2.19 bits per heavy atom. The summed E-state index contributed by atoms with van der Waals surface area (Å²) < 4.78 is 14.7. The fourth-order valence-electron chi connectivity index (χ4n) is 1.09. The molecule has 5 heteroatoms. The van der Waals surface area contributed by atoms with Crippen LogP contribution in [0.1, 0.15) is 6.92 Å². The molecule has 1 aromatic carbocycles. The molecule has 1 rings (SSSR count). The number of phenols is 1. The van der Waals surface area contributed by atoms with Gasteiger partial charge < -0.3 is 19.3 Å². The molecule has 0 saturated carbocycles. The Balaban J connectivity index is 2.57. The summed E-state index contributed by atoms with van der Waals surface area (Å²) in [6, 6.07) is 4.46. The third-order valence-electron chi connectivity index (χ3n) is 1.81. The van der Waals surface area contributed by atoms with Gasteiger partial charge in [-0.3, -0.25) is 0 Å². The van der Waals surface area contributed by atoms with Gasteiger partial charge in [0.05, 0.1) is 13.7 Å². The Labute approximate surface area is 93.6 Å². The van der Waals surface area contributed by atoms with Gasteiger partial charge in [0.25, 0.3) is 0 Å². The molecule has 88 valence electrons. The van der Waals surface area contributed by atoms with Gasteiger partial charge in [-0.05, 0) is 19.1 Å². The SMILES string of the molecule is CCOC(=O)COc1ccc(O)c(OC)c1. The fourth-order valence-corrected chi connectivity index (χ4v) is 1.09. The number of aromatic hydroxyl groups is 1. The Morgan fingerprint density at radius 1 is 1.44 bits per heavy atom. The number of hydrogen-bond donors (Lipinski definition) is 1. The first-order chi connectivity index (χ1) is 7.67. The van der Waals surface area contributed by atoms with E-state index in [2.05, 4.69) is 0 Å². The monoisotopic (exact) mass is 226 g/mol. The van der Waals surface area contributed by atoms with Crippen molar-refractivity contribution in [3.63, 3.8) is 0 Å². The Hall–Kier alpha value is -1.91. The second-order valence-electron chi connectivity index (χ2n) is 2.93. The number of rotatable bonds is 5. The number of methoxy groups -OCH3 is 1. The number of esters is 1. The maximum absolute atomic E-state index is 11.0. The first kappa shape index (κ1) is 12.2. The molecule has 0 radical (unpaired) electrons. The van der Waals surface area contributed by atoms with Gasteiger partial charge in [0.2, 0.25) is 0 Å². The standard InChI is InChI=1S/C11H14O5/c1-3-15-11(13)7-16-8-4-5-9(12)10(6-8)14-2/h4-6,12H,3,7H2,1-2H3. The Bertz CT molecular complexity index is 361. The molecule has 0 fully saturated rings. The van der Waals surface area contributed by atoms with Gasteiger partial charge in [0.1, 0.15) is 5.75 Å². The average molecular weight is 226 g/mol. The molecule has 1 aromatic rings. The van der Waals surface area contributed by atoms with E-state index in [1.807, 2.05) is 0 Å². The minimum absolute atomic E-state index is 0.0194. The van der Waals surface area contributed by atoms with Crippen molar-refractivity contribution >= 4 is 5.97 Å². The summed E-state index contributed by atoms with van der Waals surface area (Å²) in [4.78, 5) is 11.0. The van der Waals surface area contributed by atoms with E-state index in [4.69, 9.17) is 14.2 Å². The van der Waals surface area contributed by atoms with Crippen LogP contribution in [0.4, 0.5) is 0 Å². The molecule has 0 heterocycles. The van der Waals surface area contributed by atoms with Gasteiger partial charge in [-0.1, -0.05) is 0 Å². The van der Waals surface area contributed by atoms with Gasteiger partial charge >= 0.3 is 5.97 Å². The minimum Gasteiger partial charge on any atom is -0.504 e. The molecule has 0 atom stereocenters. The van der Waals surface area contributed by atoms with Gasteiger partial charge in [-0.2, -0.15) is 0 Å². The topological polar surface area (TPSA) is 65.0 Å². The molecular formula is C11H14O5. The molecule has 0 aliphatic carbocycles. The highest BCUT2D eigenvalue weighted by molar-refractivity contribution is 5.71. The van der Waals surface area contributed by atoms with Crippen LogP contribution < -0.4 is 9.47 Å². The van der Waals surface area contributed by atoms with Crippen LogP contribution >= 0.6 is 0 Å². The van der Waals surface area contributed by atoms with Crippen LogP contribution in [0.5, 0.6) is 17.2 Å². The maximum Gasteiger partial charge on any atom is 0.344 e. The number of hydrogen-bond acceptors (Lipinski definition) is 5. The summed E-state index contributed by atoms with van der Waals surface area (Å²) in [6.45, 7) is 1.88. The molecular weight excluding hydrogens is 212 g/mol. The van der Waals surface area contributed by atoms with E-state index in [1.165, 1.54) is 25.3 Å². The van der Waals surface area contributed by atoms with Crippen molar-refractivity contribution < 1.29 is 24.1 Å². The smallest absolute Gasteiger partial charge is 0.344 e. The predicted octanol–water partition coefficient (Wildman–Crippen LogP) is 1.34. The minimum atomic E-state index is -0.436. The second kappa shape index (κ2) is 5.85. The lowest BCUT2D eigenvalue weighted by atomic mass is 10.3. The predicted molar refractivity (Wildman–Crippen MR) is 56.8 cm³/mol. The first-order valence-corrected chi connectivity index (χ1v) is 4.82.